The summed E-state index contributed by atoms with van der Waals surface area (Å²) in [4.78, 5) is 41.1. The Bertz CT molecular complexity index is 806. The smallest absolute Gasteiger partial charge is 0.325 e. The number of methoxy groups -OCH3 is 2. The van der Waals surface area contributed by atoms with Crippen LogP contribution in [0.4, 0.5) is 4.79 Å². The molecule has 3 rings (SSSR count). The van der Waals surface area contributed by atoms with Crippen molar-refractivity contribution >= 4 is 17.8 Å². The summed E-state index contributed by atoms with van der Waals surface area (Å²) in [5, 5.41) is 2.77. The number of hydrogen-bond acceptors (Lipinski definition) is 5. The third-order valence-corrected chi connectivity index (χ3v) is 6.12. The quantitative estimate of drug-likeness (QED) is 0.707. The van der Waals surface area contributed by atoms with E-state index >= 15 is 0 Å². The lowest BCUT2D eigenvalue weighted by molar-refractivity contribution is -0.139. The molecule has 1 unspecified atom stereocenters. The van der Waals surface area contributed by atoms with Crippen molar-refractivity contribution in [1.82, 2.24) is 15.1 Å². The molecule has 0 radical (unpaired) electrons. The number of benzene rings is 1. The summed E-state index contributed by atoms with van der Waals surface area (Å²) in [6.45, 7) is 4.05. The predicted octanol–water partition coefficient (Wildman–Crippen LogP) is 2.48. The van der Waals surface area contributed by atoms with Gasteiger partial charge in [0.1, 0.15) is 23.6 Å². The van der Waals surface area contributed by atoms with Gasteiger partial charge in [-0.1, -0.05) is 13.8 Å². The third-order valence-electron chi connectivity index (χ3n) is 6.12. The van der Waals surface area contributed by atoms with Crippen LogP contribution >= 0.6 is 0 Å². The first kappa shape index (κ1) is 21.0. The number of nitrogens with zero attached hydrogens (tertiary/aromatic N) is 2. The van der Waals surface area contributed by atoms with Gasteiger partial charge in [0.2, 0.25) is 5.91 Å². The first-order chi connectivity index (χ1) is 13.9. The summed E-state index contributed by atoms with van der Waals surface area (Å²) in [6, 6.07) is 4.88. The molecular weight excluding hydrogens is 374 g/mol. The Morgan fingerprint density at radius 2 is 1.93 bits per heavy atom. The predicted molar refractivity (Wildman–Crippen MR) is 107 cm³/mol. The molecule has 1 aromatic rings. The molecule has 0 spiro atoms. The van der Waals surface area contributed by atoms with Crippen molar-refractivity contribution in [1.29, 1.82) is 0 Å². The fourth-order valence-corrected chi connectivity index (χ4v) is 4.26. The molecule has 4 amide bonds. The normalized spacial score (nSPS) is 20.8. The van der Waals surface area contributed by atoms with Gasteiger partial charge in [0.05, 0.1) is 20.3 Å². The van der Waals surface area contributed by atoms with E-state index in [4.69, 9.17) is 9.47 Å². The number of likely N-dealkylation sites (tertiary alicyclic amines) is 1. The molecule has 2 heterocycles. The lowest BCUT2D eigenvalue weighted by Crippen LogP contribution is -2.47. The highest BCUT2D eigenvalue weighted by Gasteiger charge is 2.49. The van der Waals surface area contributed by atoms with Crippen LogP contribution in [0.15, 0.2) is 18.2 Å². The van der Waals surface area contributed by atoms with E-state index < -0.39 is 11.6 Å². The summed E-state index contributed by atoms with van der Waals surface area (Å²) >= 11 is 0. The van der Waals surface area contributed by atoms with Crippen LogP contribution in [0.3, 0.4) is 0 Å². The van der Waals surface area contributed by atoms with Crippen LogP contribution in [0.5, 0.6) is 11.5 Å². The van der Waals surface area contributed by atoms with Gasteiger partial charge in [0.25, 0.3) is 5.91 Å². The average molecular weight is 403 g/mol. The Balaban J connectivity index is 1.79. The summed E-state index contributed by atoms with van der Waals surface area (Å²) in [5.41, 5.74) is -0.00568. The summed E-state index contributed by atoms with van der Waals surface area (Å²) in [7, 11) is 3.17. The zero-order valence-corrected chi connectivity index (χ0v) is 17.5. The Hall–Kier alpha value is -2.77. The molecule has 1 aromatic carbocycles. The maximum atomic E-state index is 13.1. The zero-order valence-electron chi connectivity index (χ0n) is 17.5. The van der Waals surface area contributed by atoms with E-state index in [0.717, 1.165) is 23.3 Å². The van der Waals surface area contributed by atoms with Crippen LogP contribution in [-0.4, -0.2) is 60.5 Å². The largest absolute Gasteiger partial charge is 0.497 e. The number of amides is 4. The van der Waals surface area contributed by atoms with Crippen molar-refractivity contribution in [3.05, 3.63) is 23.8 Å². The SMILES string of the molecule is CCC1(CC)NC(=O)N(CC(=O)N2CCCC2c2ccc(OC)cc2OC)C1=O. The number of carbonyl (C=O) groups excluding carboxylic acids is 3. The van der Waals surface area contributed by atoms with E-state index in [1.807, 2.05) is 26.0 Å². The highest BCUT2D eigenvalue weighted by Crippen LogP contribution is 2.39. The number of urea groups is 1. The van der Waals surface area contributed by atoms with E-state index in [0.29, 0.717) is 30.9 Å². The van der Waals surface area contributed by atoms with Crippen molar-refractivity contribution < 1.29 is 23.9 Å². The van der Waals surface area contributed by atoms with Crippen molar-refractivity contribution in [2.75, 3.05) is 27.3 Å². The molecule has 8 heteroatoms. The van der Waals surface area contributed by atoms with E-state index in [-0.39, 0.29) is 24.4 Å². The molecule has 2 aliphatic rings. The first-order valence-electron chi connectivity index (χ1n) is 10.1. The topological polar surface area (TPSA) is 88.2 Å². The van der Waals surface area contributed by atoms with Crippen LogP contribution in [0.25, 0.3) is 0 Å². The number of ether oxygens (including phenoxy) is 2. The second-order valence-electron chi connectivity index (χ2n) is 7.46. The highest BCUT2D eigenvalue weighted by atomic mass is 16.5. The number of hydrogen-bond donors (Lipinski definition) is 1. The fourth-order valence-electron chi connectivity index (χ4n) is 4.26. The monoisotopic (exact) mass is 403 g/mol. The first-order valence-corrected chi connectivity index (χ1v) is 10.1. The second kappa shape index (κ2) is 8.31. The van der Waals surface area contributed by atoms with E-state index in [2.05, 4.69) is 5.32 Å². The van der Waals surface area contributed by atoms with Gasteiger partial charge in [-0.05, 0) is 37.8 Å². The van der Waals surface area contributed by atoms with Gasteiger partial charge in [-0.25, -0.2) is 4.79 Å². The lowest BCUT2D eigenvalue weighted by atomic mass is 9.93. The minimum atomic E-state index is -0.902. The summed E-state index contributed by atoms with van der Waals surface area (Å²) in [5.74, 6) is 0.770. The number of imide groups is 1. The van der Waals surface area contributed by atoms with Gasteiger partial charge in [-0.15, -0.1) is 0 Å². The van der Waals surface area contributed by atoms with Gasteiger partial charge in [0.15, 0.2) is 0 Å². The molecule has 1 N–H and O–H groups in total. The van der Waals surface area contributed by atoms with E-state index in [1.54, 1.807) is 25.2 Å². The standard InChI is InChI=1S/C21H29N3O5/c1-5-21(6-2)19(26)24(20(27)22-21)13-18(25)23-11-7-8-16(23)15-10-9-14(28-3)12-17(15)29-4/h9-10,12,16H,5-8,11,13H2,1-4H3,(H,22,27). The van der Waals surface area contributed by atoms with Crippen LogP contribution in [0.2, 0.25) is 0 Å². The third kappa shape index (κ3) is 3.63. The molecular formula is C21H29N3O5. The summed E-state index contributed by atoms with van der Waals surface area (Å²) in [6.07, 6.45) is 2.63. The van der Waals surface area contributed by atoms with Crippen molar-refractivity contribution in [2.45, 2.75) is 51.1 Å². The molecule has 0 aliphatic carbocycles. The number of rotatable bonds is 7. The molecule has 2 aliphatic heterocycles. The number of nitrogens with one attached hydrogen (secondary N) is 1. The molecule has 1 atom stereocenters. The fraction of sp³-hybridized carbons (Fsp3) is 0.571. The molecule has 0 aromatic heterocycles. The molecule has 8 nitrogen and oxygen atoms in total. The second-order valence-corrected chi connectivity index (χ2v) is 7.46. The van der Waals surface area contributed by atoms with Gasteiger partial charge >= 0.3 is 6.03 Å². The Kier molecular flexibility index (Phi) is 6.00. The zero-order chi connectivity index (χ0) is 21.2. The molecule has 2 fully saturated rings. The Morgan fingerprint density at radius 3 is 2.52 bits per heavy atom. The van der Waals surface area contributed by atoms with Gasteiger partial charge in [-0.3, -0.25) is 14.5 Å². The highest BCUT2D eigenvalue weighted by molar-refractivity contribution is 6.09. The molecule has 29 heavy (non-hydrogen) atoms. The Labute approximate surface area is 171 Å². The van der Waals surface area contributed by atoms with Crippen LogP contribution in [-0.2, 0) is 9.59 Å². The molecule has 0 saturated carbocycles. The molecule has 2 saturated heterocycles. The minimum Gasteiger partial charge on any atom is -0.497 e. The van der Waals surface area contributed by atoms with E-state index in [1.165, 1.54) is 0 Å². The Morgan fingerprint density at radius 1 is 1.21 bits per heavy atom. The molecule has 0 bridgehead atoms. The van der Waals surface area contributed by atoms with Crippen LogP contribution in [0, 0.1) is 0 Å². The average Bonchev–Trinajstić information content (AvgIpc) is 3.32. The van der Waals surface area contributed by atoms with Crippen molar-refractivity contribution in [2.24, 2.45) is 0 Å². The maximum Gasteiger partial charge on any atom is 0.325 e. The van der Waals surface area contributed by atoms with Gasteiger partial charge < -0.3 is 19.7 Å². The van der Waals surface area contributed by atoms with Gasteiger partial charge in [-0.2, -0.15) is 0 Å². The maximum absolute atomic E-state index is 13.1. The van der Waals surface area contributed by atoms with Crippen LogP contribution < -0.4 is 14.8 Å². The summed E-state index contributed by atoms with van der Waals surface area (Å²) < 4.78 is 10.8. The van der Waals surface area contributed by atoms with Crippen molar-refractivity contribution in [3.63, 3.8) is 0 Å². The molecule has 158 valence electrons. The van der Waals surface area contributed by atoms with Crippen LogP contribution in [0.1, 0.15) is 51.1 Å². The number of carbonyl (C=O) groups is 3. The van der Waals surface area contributed by atoms with Crippen molar-refractivity contribution in [3.8, 4) is 11.5 Å². The lowest BCUT2D eigenvalue weighted by Gasteiger charge is -2.28. The minimum absolute atomic E-state index is 0.161. The van der Waals surface area contributed by atoms with Gasteiger partial charge in [0, 0.05) is 18.2 Å². The van der Waals surface area contributed by atoms with E-state index in [9.17, 15) is 14.4 Å².